The van der Waals surface area contributed by atoms with E-state index >= 15 is 0 Å². The highest BCUT2D eigenvalue weighted by Gasteiger charge is 2.28. The Labute approximate surface area is 170 Å². The summed E-state index contributed by atoms with van der Waals surface area (Å²) >= 11 is 0. The van der Waals surface area contributed by atoms with E-state index in [1.807, 2.05) is 6.92 Å². The first kappa shape index (κ1) is 20.6. The van der Waals surface area contributed by atoms with Crippen LogP contribution in [0.2, 0.25) is 0 Å². The van der Waals surface area contributed by atoms with Crippen LogP contribution in [0.25, 0.3) is 11.1 Å². The van der Waals surface area contributed by atoms with Gasteiger partial charge in [-0.1, -0.05) is 101 Å². The predicted octanol–water partition coefficient (Wildman–Crippen LogP) is 7.63. The Balaban J connectivity index is 1.75. The molecule has 0 saturated carbocycles. The van der Waals surface area contributed by atoms with E-state index in [9.17, 15) is 4.79 Å². The third kappa shape index (κ3) is 4.63. The Morgan fingerprint density at radius 2 is 1.61 bits per heavy atom. The number of carbonyl (C=O) groups excluding carboxylic acids is 1. The highest BCUT2D eigenvalue weighted by atomic mass is 16.1. The van der Waals surface area contributed by atoms with E-state index in [0.717, 1.165) is 19.3 Å². The van der Waals surface area contributed by atoms with E-state index in [1.165, 1.54) is 66.3 Å². The molecule has 0 N–H and O–H groups in total. The number of fused-ring (bicyclic) bond motifs is 3. The summed E-state index contributed by atoms with van der Waals surface area (Å²) < 4.78 is 0. The van der Waals surface area contributed by atoms with Gasteiger partial charge >= 0.3 is 0 Å². The van der Waals surface area contributed by atoms with E-state index < -0.39 is 0 Å². The number of unbranched alkanes of at least 4 members (excludes halogenated alkanes) is 6. The molecule has 0 heterocycles. The Bertz CT molecular complexity index is 830. The molecule has 28 heavy (non-hydrogen) atoms. The minimum Gasteiger partial charge on any atom is -0.294 e. The molecule has 1 aliphatic rings. The van der Waals surface area contributed by atoms with Gasteiger partial charge in [-0.25, -0.2) is 0 Å². The zero-order chi connectivity index (χ0) is 19.9. The van der Waals surface area contributed by atoms with Gasteiger partial charge in [-0.05, 0) is 53.2 Å². The number of Topliss-reactive ketones (excluding diaryl/α,β-unsaturated/α-hetero) is 1. The highest BCUT2D eigenvalue weighted by molar-refractivity contribution is 6.00. The first-order valence-corrected chi connectivity index (χ1v) is 11.0. The first-order chi connectivity index (χ1) is 13.6. The quantitative estimate of drug-likeness (QED) is 0.249. The number of hydrogen-bond acceptors (Lipinski definition) is 1. The van der Waals surface area contributed by atoms with Crippen LogP contribution >= 0.6 is 0 Å². The number of benzene rings is 2. The van der Waals surface area contributed by atoms with Crippen molar-refractivity contribution in [3.63, 3.8) is 0 Å². The lowest BCUT2D eigenvalue weighted by Gasteiger charge is -2.20. The number of rotatable bonds is 11. The van der Waals surface area contributed by atoms with Crippen LogP contribution in [0.3, 0.4) is 0 Å². The topological polar surface area (TPSA) is 17.1 Å². The molecule has 148 valence electrons. The molecular formula is C27H34O. The third-order valence-corrected chi connectivity index (χ3v) is 6.10. The Morgan fingerprint density at radius 1 is 0.929 bits per heavy atom. The summed E-state index contributed by atoms with van der Waals surface area (Å²) in [6.07, 6.45) is 10.8. The summed E-state index contributed by atoms with van der Waals surface area (Å²) in [4.78, 5) is 13.0. The lowest BCUT2D eigenvalue weighted by atomic mass is 9.83. The molecule has 0 amide bonds. The lowest BCUT2D eigenvalue weighted by Crippen LogP contribution is -2.15. The summed E-state index contributed by atoms with van der Waals surface area (Å²) in [5, 5.41) is 0. The minimum absolute atomic E-state index is 0.0441. The Kier molecular flexibility index (Phi) is 7.25. The molecule has 1 heteroatoms. The molecule has 2 aromatic rings. The molecule has 0 bridgehead atoms. The van der Waals surface area contributed by atoms with Crippen LogP contribution in [-0.4, -0.2) is 5.78 Å². The molecule has 0 radical (unpaired) electrons. The van der Waals surface area contributed by atoms with Crippen molar-refractivity contribution in [3.05, 3.63) is 71.3 Å². The molecule has 0 aromatic heterocycles. The molecule has 2 aromatic carbocycles. The molecule has 0 fully saturated rings. The second-order valence-corrected chi connectivity index (χ2v) is 8.31. The summed E-state index contributed by atoms with van der Waals surface area (Å²) in [6.45, 7) is 8.08. The summed E-state index contributed by atoms with van der Waals surface area (Å²) in [5.74, 6) is 0.174. The van der Waals surface area contributed by atoms with Gasteiger partial charge < -0.3 is 0 Å². The summed E-state index contributed by atoms with van der Waals surface area (Å²) in [6, 6.07) is 15.1. The molecule has 1 atom stereocenters. The number of allylic oxidation sites excluding steroid dienone is 1. The zero-order valence-corrected chi connectivity index (χ0v) is 17.6. The van der Waals surface area contributed by atoms with Crippen LogP contribution in [0.1, 0.15) is 87.8 Å². The maximum atomic E-state index is 13.0. The number of carbonyl (C=O) groups is 1. The molecule has 1 nitrogen and oxygen atoms in total. The van der Waals surface area contributed by atoms with E-state index in [-0.39, 0.29) is 11.7 Å². The SMILES string of the molecule is C=C(C)C(=O)C(CCCCCCCCC)c1cccc2c1Cc1ccccc1-2. The van der Waals surface area contributed by atoms with Crippen LogP contribution in [0, 0.1) is 0 Å². The van der Waals surface area contributed by atoms with Gasteiger partial charge in [0.05, 0.1) is 0 Å². The lowest BCUT2D eigenvalue weighted by molar-refractivity contribution is -0.117. The fourth-order valence-electron chi connectivity index (χ4n) is 4.54. The maximum absolute atomic E-state index is 13.0. The average Bonchev–Trinajstić information content (AvgIpc) is 3.09. The van der Waals surface area contributed by atoms with Crippen LogP contribution in [0.4, 0.5) is 0 Å². The average molecular weight is 375 g/mol. The van der Waals surface area contributed by atoms with Crippen molar-refractivity contribution in [1.29, 1.82) is 0 Å². The van der Waals surface area contributed by atoms with Gasteiger partial charge in [-0.2, -0.15) is 0 Å². The Hall–Kier alpha value is -2.15. The number of hydrogen-bond donors (Lipinski definition) is 0. The third-order valence-electron chi connectivity index (χ3n) is 6.10. The molecular weight excluding hydrogens is 340 g/mol. The molecule has 3 rings (SSSR count). The molecule has 0 aliphatic heterocycles. The van der Waals surface area contributed by atoms with E-state index in [1.54, 1.807) is 0 Å². The number of ketones is 1. The summed E-state index contributed by atoms with van der Waals surface area (Å²) in [7, 11) is 0. The minimum atomic E-state index is -0.0441. The standard InChI is InChI=1S/C27H34O/c1-4-5-6-7-8-9-10-16-25(27(28)20(2)3)24-18-13-17-23-22-15-12-11-14-21(22)19-26(23)24/h11-15,17-18,25H,2,4-10,16,19H2,1,3H3. The van der Waals surface area contributed by atoms with Crippen molar-refractivity contribution in [1.82, 2.24) is 0 Å². The molecule has 1 aliphatic carbocycles. The van der Waals surface area contributed by atoms with E-state index in [4.69, 9.17) is 0 Å². The first-order valence-electron chi connectivity index (χ1n) is 11.0. The monoisotopic (exact) mass is 374 g/mol. The van der Waals surface area contributed by atoms with Gasteiger partial charge in [0.25, 0.3) is 0 Å². The van der Waals surface area contributed by atoms with Crippen LogP contribution in [0.5, 0.6) is 0 Å². The fraction of sp³-hybridized carbons (Fsp3) is 0.444. The second kappa shape index (κ2) is 9.87. The normalized spacial score (nSPS) is 13.1. The van der Waals surface area contributed by atoms with Gasteiger partial charge in [-0.3, -0.25) is 4.79 Å². The van der Waals surface area contributed by atoms with Crippen LogP contribution in [0.15, 0.2) is 54.6 Å². The summed E-state index contributed by atoms with van der Waals surface area (Å²) in [5.41, 5.74) is 7.28. The van der Waals surface area contributed by atoms with Crippen LogP contribution < -0.4 is 0 Å². The van der Waals surface area contributed by atoms with Crippen molar-refractivity contribution in [2.75, 3.05) is 0 Å². The van der Waals surface area contributed by atoms with E-state index in [0.29, 0.717) is 5.57 Å². The van der Waals surface area contributed by atoms with Crippen molar-refractivity contribution in [2.45, 2.75) is 77.6 Å². The van der Waals surface area contributed by atoms with E-state index in [2.05, 4.69) is 56.0 Å². The highest BCUT2D eigenvalue weighted by Crippen LogP contribution is 2.41. The van der Waals surface area contributed by atoms with Crippen molar-refractivity contribution >= 4 is 5.78 Å². The van der Waals surface area contributed by atoms with Gasteiger partial charge in [0.15, 0.2) is 5.78 Å². The predicted molar refractivity (Wildman–Crippen MR) is 120 cm³/mol. The van der Waals surface area contributed by atoms with Gasteiger partial charge in [0, 0.05) is 5.92 Å². The molecule has 0 spiro atoms. The van der Waals surface area contributed by atoms with Gasteiger partial charge in [0.2, 0.25) is 0 Å². The van der Waals surface area contributed by atoms with Gasteiger partial charge in [-0.15, -0.1) is 0 Å². The molecule has 1 unspecified atom stereocenters. The largest absolute Gasteiger partial charge is 0.294 e. The fourth-order valence-corrected chi connectivity index (χ4v) is 4.54. The van der Waals surface area contributed by atoms with Crippen LogP contribution in [-0.2, 0) is 11.2 Å². The van der Waals surface area contributed by atoms with Crippen molar-refractivity contribution < 1.29 is 4.79 Å². The second-order valence-electron chi connectivity index (χ2n) is 8.31. The van der Waals surface area contributed by atoms with Gasteiger partial charge in [0.1, 0.15) is 0 Å². The van der Waals surface area contributed by atoms with Crippen molar-refractivity contribution in [3.8, 4) is 11.1 Å². The molecule has 0 saturated heterocycles. The zero-order valence-electron chi connectivity index (χ0n) is 17.6. The smallest absolute Gasteiger partial charge is 0.165 e. The Morgan fingerprint density at radius 3 is 2.36 bits per heavy atom. The van der Waals surface area contributed by atoms with Crippen molar-refractivity contribution in [2.24, 2.45) is 0 Å². The maximum Gasteiger partial charge on any atom is 0.165 e.